The molecule has 0 aliphatic carbocycles. The largest absolute Gasteiger partial charge is 0.494 e. The van der Waals surface area contributed by atoms with Crippen molar-refractivity contribution in [1.29, 1.82) is 0 Å². The number of carbonyl (C=O) groups excluding carboxylic acids is 1. The number of aromatic nitrogens is 1. The van der Waals surface area contributed by atoms with Gasteiger partial charge in [0.1, 0.15) is 5.75 Å². The Morgan fingerprint density at radius 2 is 2.00 bits per heavy atom. The smallest absolute Gasteiger partial charge is 0.426 e. The van der Waals surface area contributed by atoms with Crippen LogP contribution in [0.15, 0.2) is 30.5 Å². The molecule has 0 unspecified atom stereocenters. The Morgan fingerprint density at radius 1 is 1.38 bits per heavy atom. The average Bonchev–Trinajstić information content (AvgIpc) is 2.74. The molecule has 0 radical (unpaired) electrons. The van der Waals surface area contributed by atoms with E-state index in [2.05, 4.69) is 0 Å². The second-order valence-electron chi connectivity index (χ2n) is 4.46. The molecule has 2 aromatic rings. The van der Waals surface area contributed by atoms with E-state index in [1.54, 1.807) is 6.92 Å². The van der Waals surface area contributed by atoms with Crippen LogP contribution in [0.2, 0.25) is 0 Å². The minimum atomic E-state index is -0.774. The molecule has 0 aliphatic heterocycles. The summed E-state index contributed by atoms with van der Waals surface area (Å²) in [5.41, 5.74) is 1.37. The minimum absolute atomic E-state index is 0.0947. The zero-order chi connectivity index (χ0) is 15.6. The molecule has 0 amide bonds. The maximum absolute atomic E-state index is 12.0. The van der Waals surface area contributed by atoms with Crippen molar-refractivity contribution < 1.29 is 19.6 Å². The average molecular weight is 290 g/mol. The lowest BCUT2D eigenvalue weighted by molar-refractivity contribution is -0.384. The van der Waals surface area contributed by atoms with Crippen LogP contribution in [0.5, 0.6) is 11.6 Å². The third-order valence-corrected chi connectivity index (χ3v) is 3.10. The summed E-state index contributed by atoms with van der Waals surface area (Å²) in [6.07, 6.45) is 1.31. The molecule has 21 heavy (non-hydrogen) atoms. The first-order valence-electron chi connectivity index (χ1n) is 6.30. The second-order valence-corrected chi connectivity index (χ2v) is 4.46. The van der Waals surface area contributed by atoms with Crippen LogP contribution in [0.3, 0.4) is 0 Å². The van der Waals surface area contributed by atoms with Gasteiger partial charge in [0, 0.05) is 23.9 Å². The van der Waals surface area contributed by atoms with Crippen LogP contribution < -0.4 is 4.74 Å². The van der Waals surface area contributed by atoms with Crippen molar-refractivity contribution in [3.63, 3.8) is 0 Å². The zero-order valence-corrected chi connectivity index (χ0v) is 11.6. The van der Waals surface area contributed by atoms with Crippen molar-refractivity contribution in [1.82, 2.24) is 4.57 Å². The number of carbonyl (C=O) groups is 1. The zero-order valence-electron chi connectivity index (χ0n) is 11.6. The van der Waals surface area contributed by atoms with E-state index < -0.39 is 11.0 Å². The lowest BCUT2D eigenvalue weighted by Crippen LogP contribution is -2.15. The van der Waals surface area contributed by atoms with Crippen LogP contribution in [0.1, 0.15) is 18.1 Å². The molecule has 0 aliphatic rings. The summed E-state index contributed by atoms with van der Waals surface area (Å²) in [6.45, 7) is 3.66. The number of non-ortho nitro benzene ring substituents is 1. The standard InChI is InChI=1S/C14H14N2O5/c1-3-12-9(2)8-15(13(12)17)14(18)21-11-6-4-10(5-7-11)16(19)20/h4-8,17H,3H2,1-2H3. The normalized spacial score (nSPS) is 10.4. The Morgan fingerprint density at radius 3 is 2.48 bits per heavy atom. The van der Waals surface area contributed by atoms with Gasteiger partial charge in [-0.15, -0.1) is 0 Å². The van der Waals surface area contributed by atoms with Gasteiger partial charge in [0.05, 0.1) is 4.92 Å². The Hall–Kier alpha value is -2.83. The van der Waals surface area contributed by atoms with E-state index in [-0.39, 0.29) is 17.3 Å². The highest BCUT2D eigenvalue weighted by molar-refractivity contribution is 5.76. The van der Waals surface area contributed by atoms with Crippen LogP contribution >= 0.6 is 0 Å². The van der Waals surface area contributed by atoms with E-state index in [0.29, 0.717) is 12.0 Å². The van der Waals surface area contributed by atoms with Crippen molar-refractivity contribution >= 4 is 11.8 Å². The van der Waals surface area contributed by atoms with Crippen LogP contribution in [-0.2, 0) is 6.42 Å². The summed E-state index contributed by atoms with van der Waals surface area (Å²) < 4.78 is 6.08. The molecular weight excluding hydrogens is 276 g/mol. The highest BCUT2D eigenvalue weighted by atomic mass is 16.6. The number of ether oxygens (including phenoxy) is 1. The molecule has 0 spiro atoms. The van der Waals surface area contributed by atoms with Crippen LogP contribution in [0.4, 0.5) is 10.5 Å². The van der Waals surface area contributed by atoms with Gasteiger partial charge in [0.15, 0.2) is 0 Å². The maximum Gasteiger partial charge on any atom is 0.426 e. The van der Waals surface area contributed by atoms with Gasteiger partial charge in [-0.05, 0) is 31.0 Å². The maximum atomic E-state index is 12.0. The van der Waals surface area contributed by atoms with Gasteiger partial charge in [-0.3, -0.25) is 10.1 Å². The fourth-order valence-electron chi connectivity index (χ4n) is 2.02. The minimum Gasteiger partial charge on any atom is -0.494 e. The monoisotopic (exact) mass is 290 g/mol. The number of nitro groups is 1. The third-order valence-electron chi connectivity index (χ3n) is 3.10. The first kappa shape index (κ1) is 14.6. The van der Waals surface area contributed by atoms with Crippen LogP contribution in [0.25, 0.3) is 0 Å². The molecule has 0 atom stereocenters. The number of aryl methyl sites for hydroxylation is 1. The number of hydrogen-bond donors (Lipinski definition) is 1. The molecule has 1 N–H and O–H groups in total. The van der Waals surface area contributed by atoms with Crippen molar-refractivity contribution in [2.45, 2.75) is 20.3 Å². The summed E-state index contributed by atoms with van der Waals surface area (Å²) in [5.74, 6) is 0.0105. The van der Waals surface area contributed by atoms with Gasteiger partial charge in [0.2, 0.25) is 5.88 Å². The highest BCUT2D eigenvalue weighted by Gasteiger charge is 2.18. The molecule has 7 nitrogen and oxygen atoms in total. The summed E-state index contributed by atoms with van der Waals surface area (Å²) >= 11 is 0. The van der Waals surface area contributed by atoms with Gasteiger partial charge < -0.3 is 9.84 Å². The number of rotatable bonds is 3. The Labute approximate surface area is 120 Å². The first-order chi connectivity index (χ1) is 9.93. The van der Waals surface area contributed by atoms with E-state index in [1.807, 2.05) is 6.92 Å². The van der Waals surface area contributed by atoms with Crippen molar-refractivity contribution in [3.8, 4) is 11.6 Å². The number of nitro benzene ring substituents is 1. The van der Waals surface area contributed by atoms with Crippen LogP contribution in [-0.4, -0.2) is 20.7 Å². The second kappa shape index (κ2) is 5.66. The summed E-state index contributed by atoms with van der Waals surface area (Å²) in [6, 6.07) is 5.12. The number of aromatic hydroxyl groups is 1. The van der Waals surface area contributed by atoms with Gasteiger partial charge in [-0.2, -0.15) is 0 Å². The lowest BCUT2D eigenvalue weighted by atomic mass is 10.2. The molecule has 7 heteroatoms. The van der Waals surface area contributed by atoms with Crippen molar-refractivity contribution in [3.05, 3.63) is 51.7 Å². The molecule has 0 fully saturated rings. The quantitative estimate of drug-likeness (QED) is 0.692. The lowest BCUT2D eigenvalue weighted by Gasteiger charge is -2.06. The molecule has 0 bridgehead atoms. The van der Waals surface area contributed by atoms with E-state index in [0.717, 1.165) is 10.1 Å². The van der Waals surface area contributed by atoms with Gasteiger partial charge in [-0.25, -0.2) is 9.36 Å². The van der Waals surface area contributed by atoms with Gasteiger partial charge in [-0.1, -0.05) is 6.92 Å². The predicted molar refractivity (Wildman–Crippen MR) is 74.7 cm³/mol. The number of nitrogens with zero attached hydrogens (tertiary/aromatic N) is 2. The van der Waals surface area contributed by atoms with Gasteiger partial charge >= 0.3 is 6.09 Å². The predicted octanol–water partition coefficient (Wildman–Crippen LogP) is 3.02. The molecular formula is C14H14N2O5. The summed E-state index contributed by atoms with van der Waals surface area (Å²) in [5, 5.41) is 20.5. The van der Waals surface area contributed by atoms with Crippen LogP contribution in [0, 0.1) is 17.0 Å². The SMILES string of the molecule is CCc1c(C)cn(C(=O)Oc2ccc([N+](=O)[O-])cc2)c1O. The fourth-order valence-corrected chi connectivity index (χ4v) is 2.02. The number of benzene rings is 1. The van der Waals surface area contributed by atoms with E-state index in [1.165, 1.54) is 30.5 Å². The molecule has 2 rings (SSSR count). The van der Waals surface area contributed by atoms with E-state index in [9.17, 15) is 20.0 Å². The number of hydrogen-bond acceptors (Lipinski definition) is 5. The van der Waals surface area contributed by atoms with E-state index >= 15 is 0 Å². The molecule has 0 saturated heterocycles. The Kier molecular flexibility index (Phi) is 3.93. The Bertz CT molecular complexity index is 688. The fraction of sp³-hybridized carbons (Fsp3) is 0.214. The van der Waals surface area contributed by atoms with Crippen molar-refractivity contribution in [2.24, 2.45) is 0 Å². The molecule has 1 aromatic heterocycles. The highest BCUT2D eigenvalue weighted by Crippen LogP contribution is 2.25. The Balaban J connectivity index is 2.20. The molecule has 1 heterocycles. The topological polar surface area (TPSA) is 94.6 Å². The third kappa shape index (κ3) is 2.86. The molecule has 0 saturated carbocycles. The summed E-state index contributed by atoms with van der Waals surface area (Å²) in [7, 11) is 0. The molecule has 1 aromatic carbocycles. The molecule has 110 valence electrons. The van der Waals surface area contributed by atoms with Crippen molar-refractivity contribution in [2.75, 3.05) is 0 Å². The van der Waals surface area contributed by atoms with E-state index in [4.69, 9.17) is 4.74 Å². The summed E-state index contributed by atoms with van der Waals surface area (Å²) in [4.78, 5) is 22.0. The van der Waals surface area contributed by atoms with Gasteiger partial charge in [0.25, 0.3) is 5.69 Å². The first-order valence-corrected chi connectivity index (χ1v) is 6.30.